The summed E-state index contributed by atoms with van der Waals surface area (Å²) in [5, 5.41) is 17.6. The van der Waals surface area contributed by atoms with Gasteiger partial charge in [0.2, 0.25) is 0 Å². The number of carbonyl (C=O) groups is 2. The van der Waals surface area contributed by atoms with Crippen molar-refractivity contribution in [3.8, 4) is 6.07 Å². The summed E-state index contributed by atoms with van der Waals surface area (Å²) in [7, 11) is 0. The number of carboxylic acids is 1. The first kappa shape index (κ1) is 14.3. The maximum absolute atomic E-state index is 12.1. The molecule has 100 valence electrons. The maximum atomic E-state index is 12.1. The van der Waals surface area contributed by atoms with Crippen LogP contribution in [0, 0.1) is 23.2 Å². The zero-order valence-corrected chi connectivity index (χ0v) is 10.8. The highest BCUT2D eigenvalue weighted by atomic mass is 16.4. The Balaban J connectivity index is 2.62. The molecule has 1 heterocycles. The van der Waals surface area contributed by atoms with Gasteiger partial charge in [0.25, 0.3) is 0 Å². The molecule has 1 aliphatic rings. The van der Waals surface area contributed by atoms with E-state index >= 15 is 0 Å². The van der Waals surface area contributed by atoms with E-state index in [0.29, 0.717) is 26.1 Å². The zero-order chi connectivity index (χ0) is 13.7. The van der Waals surface area contributed by atoms with Crippen molar-refractivity contribution in [1.82, 2.24) is 9.80 Å². The standard InChI is InChI=1S/C12H19N3O3/c1-3-14(6-4-5-13)12(18)15-7-9(2)10(8-15)11(16)17/h9-10H,3-4,6-8H2,1-2H3,(H,16,17)/t9-,10-/m1/s1. The predicted molar refractivity (Wildman–Crippen MR) is 64.7 cm³/mol. The fourth-order valence-corrected chi connectivity index (χ4v) is 2.22. The van der Waals surface area contributed by atoms with E-state index in [9.17, 15) is 9.59 Å². The lowest BCUT2D eigenvalue weighted by molar-refractivity contribution is -0.142. The number of amides is 2. The molecule has 6 nitrogen and oxygen atoms in total. The van der Waals surface area contributed by atoms with Crippen molar-refractivity contribution in [2.45, 2.75) is 20.3 Å². The lowest BCUT2D eigenvalue weighted by Gasteiger charge is -2.26. The van der Waals surface area contributed by atoms with Gasteiger partial charge in [-0.1, -0.05) is 6.92 Å². The molecule has 1 saturated heterocycles. The summed E-state index contributed by atoms with van der Waals surface area (Å²) >= 11 is 0. The van der Waals surface area contributed by atoms with Crippen LogP contribution in [0.3, 0.4) is 0 Å². The molecule has 1 N–H and O–H groups in total. The molecule has 1 fully saturated rings. The average Bonchev–Trinajstić information content (AvgIpc) is 2.72. The van der Waals surface area contributed by atoms with Crippen LogP contribution in [0.2, 0.25) is 0 Å². The molecule has 18 heavy (non-hydrogen) atoms. The number of carbonyl (C=O) groups excluding carboxylic acids is 1. The Kier molecular flexibility index (Phi) is 4.95. The van der Waals surface area contributed by atoms with Crippen LogP contribution in [0.1, 0.15) is 20.3 Å². The number of likely N-dealkylation sites (tertiary alicyclic amines) is 1. The van der Waals surface area contributed by atoms with Gasteiger partial charge in [-0.2, -0.15) is 5.26 Å². The Morgan fingerprint density at radius 2 is 2.17 bits per heavy atom. The van der Waals surface area contributed by atoms with Crippen LogP contribution < -0.4 is 0 Å². The number of urea groups is 1. The highest BCUT2D eigenvalue weighted by molar-refractivity contribution is 5.77. The molecule has 0 radical (unpaired) electrons. The molecule has 1 aliphatic heterocycles. The Bertz CT molecular complexity index is 364. The zero-order valence-electron chi connectivity index (χ0n) is 10.8. The monoisotopic (exact) mass is 253 g/mol. The van der Waals surface area contributed by atoms with Gasteiger partial charge in [0.05, 0.1) is 18.4 Å². The van der Waals surface area contributed by atoms with Gasteiger partial charge < -0.3 is 14.9 Å². The van der Waals surface area contributed by atoms with E-state index in [2.05, 4.69) is 0 Å². The molecule has 1 rings (SSSR count). The van der Waals surface area contributed by atoms with Crippen molar-refractivity contribution >= 4 is 12.0 Å². The number of hydrogen-bond donors (Lipinski definition) is 1. The second-order valence-electron chi connectivity index (χ2n) is 4.60. The normalized spacial score (nSPS) is 22.6. The molecule has 0 aromatic carbocycles. The Morgan fingerprint density at radius 3 is 2.61 bits per heavy atom. The van der Waals surface area contributed by atoms with Gasteiger partial charge in [0, 0.05) is 26.2 Å². The van der Waals surface area contributed by atoms with Crippen molar-refractivity contribution in [2.75, 3.05) is 26.2 Å². The Labute approximate surface area is 107 Å². The van der Waals surface area contributed by atoms with E-state index in [4.69, 9.17) is 10.4 Å². The second kappa shape index (κ2) is 6.24. The smallest absolute Gasteiger partial charge is 0.320 e. The predicted octanol–water partition coefficient (Wildman–Crippen LogP) is 0.994. The van der Waals surface area contributed by atoms with E-state index in [0.717, 1.165) is 0 Å². The number of carboxylic acid groups (broad SMARTS) is 1. The Morgan fingerprint density at radius 1 is 1.50 bits per heavy atom. The number of nitrogens with zero attached hydrogens (tertiary/aromatic N) is 3. The maximum Gasteiger partial charge on any atom is 0.320 e. The molecular formula is C12H19N3O3. The quantitative estimate of drug-likeness (QED) is 0.809. The summed E-state index contributed by atoms with van der Waals surface area (Å²) in [6.45, 7) is 5.36. The molecule has 2 atom stereocenters. The van der Waals surface area contributed by atoms with E-state index in [1.165, 1.54) is 0 Å². The summed E-state index contributed by atoms with van der Waals surface area (Å²) in [5.41, 5.74) is 0. The molecule has 6 heteroatoms. The molecule has 0 aromatic rings. The minimum atomic E-state index is -0.849. The number of hydrogen-bond acceptors (Lipinski definition) is 3. The molecular weight excluding hydrogens is 234 g/mol. The van der Waals surface area contributed by atoms with Gasteiger partial charge in [-0.25, -0.2) is 4.79 Å². The number of rotatable bonds is 4. The molecule has 0 saturated carbocycles. The summed E-state index contributed by atoms with van der Waals surface area (Å²) in [6, 6.07) is 1.84. The molecule has 0 spiro atoms. The molecule has 0 bridgehead atoms. The first-order valence-electron chi connectivity index (χ1n) is 6.14. The first-order chi connectivity index (χ1) is 8.51. The van der Waals surface area contributed by atoms with E-state index in [-0.39, 0.29) is 18.5 Å². The fraction of sp³-hybridized carbons (Fsp3) is 0.750. The molecule has 0 aliphatic carbocycles. The summed E-state index contributed by atoms with van der Waals surface area (Å²) in [4.78, 5) is 26.3. The van der Waals surface area contributed by atoms with Gasteiger partial charge in [-0.3, -0.25) is 4.79 Å². The van der Waals surface area contributed by atoms with Crippen LogP contribution in [0.25, 0.3) is 0 Å². The van der Waals surface area contributed by atoms with Crippen molar-refractivity contribution in [3.05, 3.63) is 0 Å². The second-order valence-corrected chi connectivity index (χ2v) is 4.60. The van der Waals surface area contributed by atoms with Crippen molar-refractivity contribution in [3.63, 3.8) is 0 Å². The van der Waals surface area contributed by atoms with Crippen LogP contribution in [-0.2, 0) is 4.79 Å². The molecule has 0 aromatic heterocycles. The first-order valence-corrected chi connectivity index (χ1v) is 6.14. The van der Waals surface area contributed by atoms with Crippen molar-refractivity contribution < 1.29 is 14.7 Å². The lowest BCUT2D eigenvalue weighted by Crippen LogP contribution is -2.42. The number of aliphatic carboxylic acids is 1. The van der Waals surface area contributed by atoms with Crippen molar-refractivity contribution in [1.29, 1.82) is 5.26 Å². The fourth-order valence-electron chi connectivity index (χ4n) is 2.22. The molecule has 2 amide bonds. The highest BCUT2D eigenvalue weighted by Gasteiger charge is 2.38. The highest BCUT2D eigenvalue weighted by Crippen LogP contribution is 2.24. The van der Waals surface area contributed by atoms with E-state index < -0.39 is 11.9 Å². The van der Waals surface area contributed by atoms with Crippen molar-refractivity contribution in [2.24, 2.45) is 11.8 Å². The van der Waals surface area contributed by atoms with Gasteiger partial charge in [0.1, 0.15) is 0 Å². The van der Waals surface area contributed by atoms with E-state index in [1.807, 2.05) is 19.9 Å². The van der Waals surface area contributed by atoms with E-state index in [1.54, 1.807) is 9.80 Å². The van der Waals surface area contributed by atoms with Gasteiger partial charge in [0.15, 0.2) is 0 Å². The average molecular weight is 253 g/mol. The third-order valence-electron chi connectivity index (χ3n) is 3.35. The van der Waals surface area contributed by atoms with Crippen LogP contribution in [-0.4, -0.2) is 53.1 Å². The minimum absolute atomic E-state index is 0.0267. The van der Waals surface area contributed by atoms with Gasteiger partial charge in [-0.05, 0) is 12.8 Å². The van der Waals surface area contributed by atoms with Crippen LogP contribution in [0.4, 0.5) is 4.79 Å². The SMILES string of the molecule is CCN(CCC#N)C(=O)N1C[C@@H](C)[C@H](C(=O)O)C1. The summed E-state index contributed by atoms with van der Waals surface area (Å²) in [5.74, 6) is -1.36. The molecule has 0 unspecified atom stereocenters. The lowest BCUT2D eigenvalue weighted by atomic mass is 9.99. The topological polar surface area (TPSA) is 84.6 Å². The largest absolute Gasteiger partial charge is 0.481 e. The van der Waals surface area contributed by atoms with Crippen LogP contribution >= 0.6 is 0 Å². The Hall–Kier alpha value is -1.77. The van der Waals surface area contributed by atoms with Gasteiger partial charge >= 0.3 is 12.0 Å². The van der Waals surface area contributed by atoms with Gasteiger partial charge in [-0.15, -0.1) is 0 Å². The third-order valence-corrected chi connectivity index (χ3v) is 3.35. The third kappa shape index (κ3) is 3.13. The number of nitriles is 1. The summed E-state index contributed by atoms with van der Waals surface area (Å²) in [6.07, 6.45) is 0.297. The van der Waals surface area contributed by atoms with Crippen LogP contribution in [0.5, 0.6) is 0 Å². The van der Waals surface area contributed by atoms with Crippen LogP contribution in [0.15, 0.2) is 0 Å². The minimum Gasteiger partial charge on any atom is -0.481 e. The summed E-state index contributed by atoms with van der Waals surface area (Å²) < 4.78 is 0.